The highest BCUT2D eigenvalue weighted by Crippen LogP contribution is 2.27. The van der Waals surface area contributed by atoms with Crippen LogP contribution in [0.25, 0.3) is 0 Å². The molecule has 0 unspecified atom stereocenters. The molecule has 1 fully saturated rings. The summed E-state index contributed by atoms with van der Waals surface area (Å²) in [5, 5.41) is 30.6. The van der Waals surface area contributed by atoms with Crippen LogP contribution in [0, 0.1) is 0 Å². The molecular weight excluding hydrogens is 228 g/mol. The Hall–Kier alpha value is -1.64. The van der Waals surface area contributed by atoms with Gasteiger partial charge in [-0.25, -0.2) is 0 Å². The Kier molecular flexibility index (Phi) is 3.27. The molecule has 5 N–H and O–H groups in total. The van der Waals surface area contributed by atoms with E-state index in [2.05, 4.69) is 10.1 Å². The topological polar surface area (TPSA) is 126 Å². The summed E-state index contributed by atoms with van der Waals surface area (Å²) in [5.74, 6) is 0.195. The average Bonchev–Trinajstić information content (AvgIpc) is 2.70. The summed E-state index contributed by atoms with van der Waals surface area (Å²) >= 11 is 0. The molecule has 1 aromatic heterocycles. The first-order valence-corrected chi connectivity index (χ1v) is 5.13. The zero-order chi connectivity index (χ0) is 12.4. The van der Waals surface area contributed by atoms with Crippen LogP contribution in [0.5, 0.6) is 0 Å². The van der Waals surface area contributed by atoms with Gasteiger partial charge in [0.05, 0.1) is 12.7 Å². The molecule has 0 amide bonds. The molecule has 0 spiro atoms. The predicted octanol–water partition coefficient (Wildman–Crippen LogP) is -1.60. The van der Waals surface area contributed by atoms with Crippen LogP contribution in [-0.4, -0.2) is 43.8 Å². The summed E-state index contributed by atoms with van der Waals surface area (Å²) in [5.41, 5.74) is 5.39. The lowest BCUT2D eigenvalue weighted by atomic mass is 10.2. The Morgan fingerprint density at radius 2 is 2.41 bits per heavy atom. The molecule has 3 atom stereocenters. The highest BCUT2D eigenvalue weighted by atomic mass is 16.5. The number of aliphatic hydroxyl groups is 2. The van der Waals surface area contributed by atoms with Gasteiger partial charge in [0.1, 0.15) is 11.9 Å². The second-order valence-corrected chi connectivity index (χ2v) is 3.79. The standard InChI is InChI=1S/C9H14N4O4/c10-7-1-2-13(9(11-7)12-16)8-6(15)3-5(4-14)17-8/h1-2,5-6,8,14-16H,3-4H2,(H2,10,11,12)/t5-,6+,8+/m0/s1. The fourth-order valence-corrected chi connectivity index (χ4v) is 1.80. The number of anilines is 1. The summed E-state index contributed by atoms with van der Waals surface area (Å²) in [6.07, 6.45) is -0.171. The van der Waals surface area contributed by atoms with Gasteiger partial charge >= 0.3 is 0 Å². The second-order valence-electron chi connectivity index (χ2n) is 3.79. The van der Waals surface area contributed by atoms with Gasteiger partial charge in [-0.3, -0.25) is 4.57 Å². The Bertz CT molecular complexity index is 461. The van der Waals surface area contributed by atoms with E-state index in [1.165, 1.54) is 16.8 Å². The van der Waals surface area contributed by atoms with Crippen molar-refractivity contribution in [1.82, 2.24) is 9.55 Å². The highest BCUT2D eigenvalue weighted by Gasteiger charge is 2.35. The molecular formula is C9H14N4O4. The van der Waals surface area contributed by atoms with Crippen molar-refractivity contribution >= 4 is 5.82 Å². The molecule has 0 bridgehead atoms. The zero-order valence-electron chi connectivity index (χ0n) is 8.97. The fourth-order valence-electron chi connectivity index (χ4n) is 1.80. The van der Waals surface area contributed by atoms with Crippen LogP contribution in [0.15, 0.2) is 17.4 Å². The molecule has 2 rings (SSSR count). The number of aliphatic hydroxyl groups excluding tert-OH is 2. The first-order chi connectivity index (χ1) is 8.15. The number of nitrogens with zero attached hydrogens (tertiary/aromatic N) is 3. The summed E-state index contributed by atoms with van der Waals surface area (Å²) in [6, 6.07) is 1.50. The first-order valence-electron chi connectivity index (χ1n) is 5.13. The Morgan fingerprint density at radius 3 is 3.00 bits per heavy atom. The molecule has 1 aromatic rings. The van der Waals surface area contributed by atoms with Crippen molar-refractivity contribution in [2.24, 2.45) is 5.16 Å². The Morgan fingerprint density at radius 1 is 1.65 bits per heavy atom. The first kappa shape index (κ1) is 11.8. The summed E-state index contributed by atoms with van der Waals surface area (Å²) in [4.78, 5) is 3.79. The maximum absolute atomic E-state index is 9.79. The number of ether oxygens (including phenoxy) is 1. The normalized spacial score (nSPS) is 29.8. The number of hydrogen-bond acceptors (Lipinski definition) is 7. The van der Waals surface area contributed by atoms with Crippen molar-refractivity contribution in [3.05, 3.63) is 17.9 Å². The minimum absolute atomic E-state index is 0.0624. The van der Waals surface area contributed by atoms with E-state index < -0.39 is 18.4 Å². The maximum atomic E-state index is 9.79. The van der Waals surface area contributed by atoms with Gasteiger partial charge in [-0.2, -0.15) is 4.98 Å². The largest absolute Gasteiger partial charge is 0.408 e. The van der Waals surface area contributed by atoms with Crippen molar-refractivity contribution in [2.75, 3.05) is 12.3 Å². The lowest BCUT2D eigenvalue weighted by Crippen LogP contribution is -2.32. The third-order valence-electron chi connectivity index (χ3n) is 2.60. The third kappa shape index (κ3) is 2.23. The van der Waals surface area contributed by atoms with E-state index >= 15 is 0 Å². The van der Waals surface area contributed by atoms with Crippen LogP contribution in [0.3, 0.4) is 0 Å². The van der Waals surface area contributed by atoms with Crippen molar-refractivity contribution in [3.8, 4) is 0 Å². The number of nitrogens with two attached hydrogens (primary N) is 1. The van der Waals surface area contributed by atoms with Gasteiger partial charge in [0, 0.05) is 12.6 Å². The van der Waals surface area contributed by atoms with Crippen LogP contribution >= 0.6 is 0 Å². The molecule has 94 valence electrons. The van der Waals surface area contributed by atoms with Gasteiger partial charge in [0.2, 0.25) is 0 Å². The van der Waals surface area contributed by atoms with Crippen LogP contribution in [0.2, 0.25) is 0 Å². The summed E-state index contributed by atoms with van der Waals surface area (Å²) < 4.78 is 6.76. The smallest absolute Gasteiger partial charge is 0.270 e. The molecule has 2 heterocycles. The SMILES string of the molecule is Nc1ccn([C@@H]2O[C@H](CO)C[C@H]2O)/c(=N/O)n1. The molecule has 0 aromatic carbocycles. The maximum Gasteiger partial charge on any atom is 0.270 e. The molecule has 17 heavy (non-hydrogen) atoms. The summed E-state index contributed by atoms with van der Waals surface area (Å²) in [6.45, 7) is -0.178. The predicted molar refractivity (Wildman–Crippen MR) is 55.6 cm³/mol. The van der Waals surface area contributed by atoms with Crippen molar-refractivity contribution in [1.29, 1.82) is 0 Å². The molecule has 0 saturated carbocycles. The zero-order valence-corrected chi connectivity index (χ0v) is 8.97. The van der Waals surface area contributed by atoms with E-state index in [4.69, 9.17) is 20.8 Å². The minimum Gasteiger partial charge on any atom is -0.408 e. The number of hydrogen-bond donors (Lipinski definition) is 4. The lowest BCUT2D eigenvalue weighted by Gasteiger charge is -2.17. The van der Waals surface area contributed by atoms with E-state index in [-0.39, 0.29) is 18.0 Å². The van der Waals surface area contributed by atoms with E-state index in [0.29, 0.717) is 6.42 Å². The monoisotopic (exact) mass is 242 g/mol. The van der Waals surface area contributed by atoms with Gasteiger partial charge in [-0.15, -0.1) is 0 Å². The number of aromatic nitrogens is 2. The molecule has 1 aliphatic rings. The average molecular weight is 242 g/mol. The number of nitrogen functional groups attached to an aromatic ring is 1. The van der Waals surface area contributed by atoms with E-state index in [1.54, 1.807) is 0 Å². The van der Waals surface area contributed by atoms with Crippen molar-refractivity contribution in [3.63, 3.8) is 0 Å². The van der Waals surface area contributed by atoms with Crippen LogP contribution in [-0.2, 0) is 4.74 Å². The van der Waals surface area contributed by atoms with Gasteiger partial charge < -0.3 is 25.9 Å². The fraction of sp³-hybridized carbons (Fsp3) is 0.556. The van der Waals surface area contributed by atoms with Gasteiger partial charge in [-0.05, 0) is 11.2 Å². The van der Waals surface area contributed by atoms with E-state index in [9.17, 15) is 5.11 Å². The highest BCUT2D eigenvalue weighted by molar-refractivity contribution is 5.23. The Labute approximate surface area is 96.6 Å². The van der Waals surface area contributed by atoms with E-state index in [0.717, 1.165) is 0 Å². The minimum atomic E-state index is -0.803. The van der Waals surface area contributed by atoms with Gasteiger partial charge in [-0.1, -0.05) is 0 Å². The van der Waals surface area contributed by atoms with Crippen molar-refractivity contribution < 1.29 is 20.2 Å². The molecule has 1 saturated heterocycles. The van der Waals surface area contributed by atoms with Crippen LogP contribution in [0.1, 0.15) is 12.6 Å². The van der Waals surface area contributed by atoms with Crippen molar-refractivity contribution in [2.45, 2.75) is 24.9 Å². The molecule has 0 aliphatic carbocycles. The van der Waals surface area contributed by atoms with Crippen LogP contribution < -0.4 is 11.4 Å². The molecule has 8 nitrogen and oxygen atoms in total. The number of rotatable bonds is 2. The lowest BCUT2D eigenvalue weighted by molar-refractivity contribution is -0.0542. The molecule has 0 radical (unpaired) electrons. The molecule has 1 aliphatic heterocycles. The quantitative estimate of drug-likeness (QED) is 0.365. The Balaban J connectivity index is 2.35. The second kappa shape index (κ2) is 4.70. The van der Waals surface area contributed by atoms with Crippen LogP contribution in [0.4, 0.5) is 5.82 Å². The molecule has 8 heteroatoms. The third-order valence-corrected chi connectivity index (χ3v) is 2.60. The summed E-state index contributed by atoms with van der Waals surface area (Å²) in [7, 11) is 0. The van der Waals surface area contributed by atoms with Gasteiger partial charge in [0.25, 0.3) is 5.62 Å². The van der Waals surface area contributed by atoms with E-state index in [1.807, 2.05) is 0 Å². The van der Waals surface area contributed by atoms with Gasteiger partial charge in [0.15, 0.2) is 6.23 Å².